The second-order valence-electron chi connectivity index (χ2n) is 5.06. The third-order valence-corrected chi connectivity index (χ3v) is 5.48. The number of hydrogen-bond acceptors (Lipinski definition) is 4. The highest BCUT2D eigenvalue weighted by molar-refractivity contribution is 7.89. The maximum absolute atomic E-state index is 12.4. The molecule has 1 aliphatic heterocycles. The molecular formula is C13H20N2O3S. The first-order valence-electron chi connectivity index (χ1n) is 6.37. The SMILES string of the molecule is CN1CCCC1CN(C)S(=O)(=O)c1cccc(O)c1. The summed E-state index contributed by atoms with van der Waals surface area (Å²) < 4.78 is 26.1. The van der Waals surface area contributed by atoms with Gasteiger partial charge in [-0.1, -0.05) is 6.07 Å². The van der Waals surface area contributed by atoms with Crippen molar-refractivity contribution >= 4 is 10.0 Å². The molecule has 19 heavy (non-hydrogen) atoms. The van der Waals surface area contributed by atoms with Crippen LogP contribution in [0.5, 0.6) is 5.75 Å². The third kappa shape index (κ3) is 3.08. The summed E-state index contributed by atoms with van der Waals surface area (Å²) in [5, 5.41) is 9.39. The van der Waals surface area contributed by atoms with E-state index < -0.39 is 10.0 Å². The lowest BCUT2D eigenvalue weighted by atomic mass is 10.2. The van der Waals surface area contributed by atoms with Crippen LogP contribution in [-0.4, -0.2) is 56.0 Å². The molecule has 1 aromatic carbocycles. The standard InChI is InChI=1S/C13H20N2O3S/c1-14-8-4-5-11(14)10-15(2)19(17,18)13-7-3-6-12(16)9-13/h3,6-7,9,11,16H,4-5,8,10H2,1-2H3. The number of benzene rings is 1. The highest BCUT2D eigenvalue weighted by Gasteiger charge is 2.28. The Hall–Kier alpha value is -1.11. The van der Waals surface area contributed by atoms with Gasteiger partial charge in [0.05, 0.1) is 4.90 Å². The van der Waals surface area contributed by atoms with E-state index in [-0.39, 0.29) is 16.7 Å². The van der Waals surface area contributed by atoms with Crippen molar-refractivity contribution in [1.82, 2.24) is 9.21 Å². The number of hydrogen-bond donors (Lipinski definition) is 1. The summed E-state index contributed by atoms with van der Waals surface area (Å²) in [6.45, 7) is 1.50. The average Bonchev–Trinajstić information content (AvgIpc) is 2.75. The molecule has 0 amide bonds. The first kappa shape index (κ1) is 14.3. The topological polar surface area (TPSA) is 60.9 Å². The number of nitrogens with zero attached hydrogens (tertiary/aromatic N) is 2. The van der Waals surface area contributed by atoms with Gasteiger partial charge in [0.2, 0.25) is 10.0 Å². The third-order valence-electron chi connectivity index (χ3n) is 3.67. The lowest BCUT2D eigenvalue weighted by molar-refractivity contribution is 0.271. The Bertz CT molecular complexity index is 545. The van der Waals surface area contributed by atoms with E-state index in [9.17, 15) is 13.5 Å². The number of phenols is 1. The van der Waals surface area contributed by atoms with Gasteiger partial charge in [-0.25, -0.2) is 8.42 Å². The van der Waals surface area contributed by atoms with E-state index in [1.165, 1.54) is 28.6 Å². The number of likely N-dealkylation sites (tertiary alicyclic amines) is 1. The molecule has 0 saturated carbocycles. The summed E-state index contributed by atoms with van der Waals surface area (Å²) in [5.74, 6) is -0.0348. The van der Waals surface area contributed by atoms with E-state index >= 15 is 0 Å². The van der Waals surface area contributed by atoms with Crippen LogP contribution in [0.15, 0.2) is 29.2 Å². The van der Waals surface area contributed by atoms with Crippen molar-refractivity contribution in [1.29, 1.82) is 0 Å². The van der Waals surface area contributed by atoms with Crippen LogP contribution in [0.3, 0.4) is 0 Å². The molecule has 1 aliphatic rings. The number of sulfonamides is 1. The van der Waals surface area contributed by atoms with Gasteiger partial charge in [0.15, 0.2) is 0 Å². The van der Waals surface area contributed by atoms with Crippen LogP contribution in [-0.2, 0) is 10.0 Å². The fraction of sp³-hybridized carbons (Fsp3) is 0.538. The molecule has 1 unspecified atom stereocenters. The molecule has 0 aromatic heterocycles. The molecule has 1 saturated heterocycles. The van der Waals surface area contributed by atoms with Crippen molar-refractivity contribution in [2.24, 2.45) is 0 Å². The molecule has 0 bridgehead atoms. The quantitative estimate of drug-likeness (QED) is 0.899. The first-order chi connectivity index (χ1) is 8.91. The second-order valence-corrected chi connectivity index (χ2v) is 7.10. The van der Waals surface area contributed by atoms with Crippen LogP contribution < -0.4 is 0 Å². The molecule has 1 N–H and O–H groups in total. The van der Waals surface area contributed by atoms with E-state index in [0.717, 1.165) is 19.4 Å². The van der Waals surface area contributed by atoms with Gasteiger partial charge in [0.25, 0.3) is 0 Å². The van der Waals surface area contributed by atoms with Gasteiger partial charge in [-0.15, -0.1) is 0 Å². The monoisotopic (exact) mass is 284 g/mol. The Balaban J connectivity index is 2.15. The minimum Gasteiger partial charge on any atom is -0.508 e. The maximum atomic E-state index is 12.4. The summed E-state index contributed by atoms with van der Waals surface area (Å²) in [6.07, 6.45) is 2.14. The van der Waals surface area contributed by atoms with Crippen molar-refractivity contribution < 1.29 is 13.5 Å². The van der Waals surface area contributed by atoms with Crippen molar-refractivity contribution in [3.8, 4) is 5.75 Å². The number of phenolic OH excluding ortho intramolecular Hbond substituents is 1. The van der Waals surface area contributed by atoms with Gasteiger partial charge < -0.3 is 10.0 Å². The molecule has 1 heterocycles. The van der Waals surface area contributed by atoms with Crippen LogP contribution in [0.4, 0.5) is 0 Å². The molecule has 1 aromatic rings. The molecule has 0 spiro atoms. The average molecular weight is 284 g/mol. The fourth-order valence-electron chi connectivity index (χ4n) is 2.43. The zero-order valence-corrected chi connectivity index (χ0v) is 12.1. The van der Waals surface area contributed by atoms with Crippen molar-refractivity contribution in [3.05, 3.63) is 24.3 Å². The first-order valence-corrected chi connectivity index (χ1v) is 7.81. The van der Waals surface area contributed by atoms with E-state index in [2.05, 4.69) is 4.90 Å². The summed E-state index contributed by atoms with van der Waals surface area (Å²) in [6, 6.07) is 6.06. The minimum absolute atomic E-state index is 0.0348. The molecule has 6 heteroatoms. The fourth-order valence-corrected chi connectivity index (χ4v) is 3.68. The zero-order chi connectivity index (χ0) is 14.0. The predicted molar refractivity (Wildman–Crippen MR) is 73.6 cm³/mol. The van der Waals surface area contributed by atoms with E-state index in [0.29, 0.717) is 6.54 Å². The molecule has 106 valence electrons. The maximum Gasteiger partial charge on any atom is 0.243 e. The second kappa shape index (κ2) is 5.48. The Morgan fingerprint density at radius 1 is 1.47 bits per heavy atom. The van der Waals surface area contributed by atoms with Gasteiger partial charge in [0.1, 0.15) is 5.75 Å². The highest BCUT2D eigenvalue weighted by atomic mass is 32.2. The van der Waals surface area contributed by atoms with E-state index in [1.807, 2.05) is 7.05 Å². The van der Waals surface area contributed by atoms with Crippen LogP contribution in [0.2, 0.25) is 0 Å². The molecule has 0 aliphatic carbocycles. The molecule has 2 rings (SSSR count). The van der Waals surface area contributed by atoms with Gasteiger partial charge >= 0.3 is 0 Å². The largest absolute Gasteiger partial charge is 0.508 e. The normalized spacial score (nSPS) is 21.1. The van der Waals surface area contributed by atoms with Crippen LogP contribution in [0.1, 0.15) is 12.8 Å². The number of likely N-dealkylation sites (N-methyl/N-ethyl adjacent to an activating group) is 2. The zero-order valence-electron chi connectivity index (χ0n) is 11.3. The summed E-state index contributed by atoms with van der Waals surface area (Å²) >= 11 is 0. The van der Waals surface area contributed by atoms with Gasteiger partial charge in [-0.3, -0.25) is 0 Å². The molecular weight excluding hydrogens is 264 g/mol. The summed E-state index contributed by atoms with van der Waals surface area (Å²) in [4.78, 5) is 2.32. The van der Waals surface area contributed by atoms with Crippen molar-refractivity contribution in [3.63, 3.8) is 0 Å². The highest BCUT2D eigenvalue weighted by Crippen LogP contribution is 2.22. The summed E-state index contributed by atoms with van der Waals surface area (Å²) in [5.41, 5.74) is 0. The number of aromatic hydroxyl groups is 1. The molecule has 1 atom stereocenters. The van der Waals surface area contributed by atoms with Gasteiger partial charge in [-0.05, 0) is 44.6 Å². The van der Waals surface area contributed by atoms with Crippen LogP contribution in [0, 0.1) is 0 Å². The van der Waals surface area contributed by atoms with Gasteiger partial charge in [0, 0.05) is 19.6 Å². The minimum atomic E-state index is -3.53. The van der Waals surface area contributed by atoms with Crippen molar-refractivity contribution in [2.75, 3.05) is 27.2 Å². The lowest BCUT2D eigenvalue weighted by Crippen LogP contribution is -2.39. The Kier molecular flexibility index (Phi) is 4.13. The lowest BCUT2D eigenvalue weighted by Gasteiger charge is -2.25. The molecule has 0 radical (unpaired) electrons. The predicted octanol–water partition coefficient (Wildman–Crippen LogP) is 1.11. The summed E-state index contributed by atoms with van der Waals surface area (Å²) in [7, 11) is 0.0834. The van der Waals surface area contributed by atoms with Gasteiger partial charge in [-0.2, -0.15) is 4.31 Å². The van der Waals surface area contributed by atoms with Crippen molar-refractivity contribution in [2.45, 2.75) is 23.8 Å². The Labute approximate surface area is 114 Å². The van der Waals surface area contributed by atoms with E-state index in [4.69, 9.17) is 0 Å². The van der Waals surface area contributed by atoms with Crippen LogP contribution in [0.25, 0.3) is 0 Å². The van der Waals surface area contributed by atoms with Crippen LogP contribution >= 0.6 is 0 Å². The smallest absolute Gasteiger partial charge is 0.243 e. The Morgan fingerprint density at radius 2 is 2.21 bits per heavy atom. The molecule has 1 fully saturated rings. The molecule has 5 nitrogen and oxygen atoms in total. The Morgan fingerprint density at radius 3 is 2.79 bits per heavy atom. The number of rotatable bonds is 4. The van der Waals surface area contributed by atoms with E-state index in [1.54, 1.807) is 7.05 Å².